The predicted molar refractivity (Wildman–Crippen MR) is 122 cm³/mol. The molecule has 1 aromatic heterocycles. The molecule has 1 heterocycles. The van der Waals surface area contributed by atoms with E-state index in [1.54, 1.807) is 19.1 Å². The summed E-state index contributed by atoms with van der Waals surface area (Å²) in [6.07, 6.45) is 1.23. The maximum absolute atomic E-state index is 14.0. The number of carbonyl (C=O) groups is 1. The number of carboxylic acids is 1. The van der Waals surface area contributed by atoms with Gasteiger partial charge in [-0.15, -0.1) is 0 Å². The molecule has 1 N–H and O–H groups in total. The predicted octanol–water partition coefficient (Wildman–Crippen LogP) is 5.66. The summed E-state index contributed by atoms with van der Waals surface area (Å²) in [5.41, 5.74) is 2.30. The second-order valence-corrected chi connectivity index (χ2v) is 9.58. The molecule has 4 rings (SSSR count). The fraction of sp³-hybridized carbons (Fsp3) is 0.125. The quantitative estimate of drug-likeness (QED) is 0.393. The molecule has 8 heteroatoms. The van der Waals surface area contributed by atoms with E-state index in [-0.39, 0.29) is 23.3 Å². The minimum Gasteiger partial charge on any atom is -0.481 e. The summed E-state index contributed by atoms with van der Waals surface area (Å²) < 4.78 is 42.9. The van der Waals surface area contributed by atoms with Gasteiger partial charge in [0, 0.05) is 28.6 Å². The Balaban J connectivity index is 2.00. The number of hydrogen-bond acceptors (Lipinski definition) is 3. The molecule has 4 aromatic rings. The number of aliphatic carboxylic acids is 1. The van der Waals surface area contributed by atoms with Crippen LogP contribution in [0.5, 0.6) is 0 Å². The van der Waals surface area contributed by atoms with Crippen molar-refractivity contribution in [2.45, 2.75) is 24.7 Å². The molecule has 0 fully saturated rings. The highest BCUT2D eigenvalue weighted by Crippen LogP contribution is 2.37. The number of aryl methyl sites for hydroxylation is 1. The van der Waals surface area contributed by atoms with Crippen LogP contribution in [0.25, 0.3) is 22.0 Å². The molecule has 0 saturated carbocycles. The summed E-state index contributed by atoms with van der Waals surface area (Å²) in [5, 5.41) is 9.72. The Labute approximate surface area is 189 Å². The lowest BCUT2D eigenvalue weighted by Crippen LogP contribution is -2.15. The monoisotopic (exact) mass is 471 g/mol. The lowest BCUT2D eigenvalue weighted by atomic mass is 10.0. The van der Waals surface area contributed by atoms with Crippen molar-refractivity contribution in [3.05, 3.63) is 88.8 Å². The third-order valence-electron chi connectivity index (χ3n) is 5.36. The Morgan fingerprint density at radius 1 is 1.09 bits per heavy atom. The van der Waals surface area contributed by atoms with Crippen LogP contribution in [0, 0.1) is 12.7 Å². The molecule has 164 valence electrons. The molecule has 0 saturated heterocycles. The average Bonchev–Trinajstić information content (AvgIpc) is 3.13. The number of benzene rings is 3. The van der Waals surface area contributed by atoms with E-state index in [1.807, 2.05) is 30.3 Å². The highest BCUT2D eigenvalue weighted by molar-refractivity contribution is 7.90. The fourth-order valence-electron chi connectivity index (χ4n) is 3.82. The largest absolute Gasteiger partial charge is 0.481 e. The first kappa shape index (κ1) is 22.0. The molecule has 0 spiro atoms. The molecule has 0 aliphatic carbocycles. The highest BCUT2D eigenvalue weighted by atomic mass is 35.5. The van der Waals surface area contributed by atoms with Crippen LogP contribution in [0.15, 0.2) is 71.8 Å². The lowest BCUT2D eigenvalue weighted by molar-refractivity contribution is -0.136. The molecule has 0 aliphatic rings. The fourth-order valence-corrected chi connectivity index (χ4v) is 5.88. The lowest BCUT2D eigenvalue weighted by Gasteiger charge is -2.16. The molecule has 0 atom stereocenters. The van der Waals surface area contributed by atoms with E-state index in [2.05, 4.69) is 0 Å². The summed E-state index contributed by atoms with van der Waals surface area (Å²) in [6.45, 7) is 1.64. The van der Waals surface area contributed by atoms with Crippen LogP contribution in [0.3, 0.4) is 0 Å². The Bertz CT molecular complexity index is 1450. The molecular weight excluding hydrogens is 453 g/mol. The number of nitrogens with zero attached hydrogens (tertiary/aromatic N) is 1. The minimum atomic E-state index is -4.17. The number of carboxylic acid groups (broad SMARTS) is 1. The van der Waals surface area contributed by atoms with E-state index in [4.69, 9.17) is 16.7 Å². The topological polar surface area (TPSA) is 76.4 Å². The molecule has 3 aromatic carbocycles. The van der Waals surface area contributed by atoms with Gasteiger partial charge in [0.15, 0.2) is 0 Å². The maximum Gasteiger partial charge on any atom is 0.303 e. The molecule has 32 heavy (non-hydrogen) atoms. The Kier molecular flexibility index (Phi) is 5.79. The van der Waals surface area contributed by atoms with Crippen molar-refractivity contribution in [1.29, 1.82) is 0 Å². The molecule has 0 bridgehead atoms. The van der Waals surface area contributed by atoms with E-state index >= 15 is 0 Å². The average molecular weight is 472 g/mol. The number of hydrogen-bond donors (Lipinski definition) is 1. The van der Waals surface area contributed by atoms with Gasteiger partial charge in [0.05, 0.1) is 5.52 Å². The van der Waals surface area contributed by atoms with Gasteiger partial charge in [0.2, 0.25) is 0 Å². The van der Waals surface area contributed by atoms with Gasteiger partial charge in [0.1, 0.15) is 10.7 Å². The molecule has 0 unspecified atom stereocenters. The zero-order valence-electron chi connectivity index (χ0n) is 17.0. The van der Waals surface area contributed by atoms with Crippen LogP contribution in [-0.4, -0.2) is 23.5 Å². The van der Waals surface area contributed by atoms with Crippen molar-refractivity contribution in [1.82, 2.24) is 3.97 Å². The van der Waals surface area contributed by atoms with E-state index < -0.39 is 21.8 Å². The number of aromatic nitrogens is 1. The Morgan fingerprint density at radius 2 is 1.81 bits per heavy atom. The van der Waals surface area contributed by atoms with E-state index in [1.165, 1.54) is 24.4 Å². The molecule has 0 radical (unpaired) electrons. The van der Waals surface area contributed by atoms with Gasteiger partial charge in [-0.2, -0.15) is 0 Å². The van der Waals surface area contributed by atoms with Crippen LogP contribution >= 0.6 is 11.6 Å². The normalized spacial score (nSPS) is 11.7. The molecule has 5 nitrogen and oxygen atoms in total. The SMILES string of the molecule is Cc1c(Cl)ccc(-c2ccccc2)c1S(=O)(=O)n1cc(CCC(=O)O)c2cc(F)ccc21. The van der Waals surface area contributed by atoms with E-state index in [9.17, 15) is 17.6 Å². The Morgan fingerprint density at radius 3 is 2.50 bits per heavy atom. The zero-order valence-corrected chi connectivity index (χ0v) is 18.6. The second kappa shape index (κ2) is 8.41. The van der Waals surface area contributed by atoms with Crippen LogP contribution in [-0.2, 0) is 21.2 Å². The maximum atomic E-state index is 14.0. The summed E-state index contributed by atoms with van der Waals surface area (Å²) in [7, 11) is -4.17. The summed E-state index contributed by atoms with van der Waals surface area (Å²) in [4.78, 5) is 11.1. The van der Waals surface area contributed by atoms with E-state index in [0.717, 1.165) is 3.97 Å². The molecule has 0 amide bonds. The van der Waals surface area contributed by atoms with Crippen molar-refractivity contribution in [2.24, 2.45) is 0 Å². The van der Waals surface area contributed by atoms with Gasteiger partial charge in [-0.1, -0.05) is 48.0 Å². The van der Waals surface area contributed by atoms with Crippen LogP contribution in [0.4, 0.5) is 4.39 Å². The standard InChI is InChI=1S/C24H19ClFNO4S/c1-15-21(25)10-9-19(16-5-3-2-4-6-16)24(15)32(30,31)27-14-17(7-12-23(28)29)20-13-18(26)8-11-22(20)27/h2-6,8-11,13-14H,7,12H2,1H3,(H,28,29). The van der Waals surface area contributed by atoms with Crippen LogP contribution in [0.2, 0.25) is 5.02 Å². The van der Waals surface area contributed by atoms with Gasteiger partial charge in [-0.25, -0.2) is 16.8 Å². The van der Waals surface area contributed by atoms with E-state index in [0.29, 0.717) is 32.7 Å². The number of rotatable bonds is 6. The molecule has 0 aliphatic heterocycles. The second-order valence-electron chi connectivity index (χ2n) is 7.43. The van der Waals surface area contributed by atoms with Crippen molar-refractivity contribution in [2.75, 3.05) is 0 Å². The number of fused-ring (bicyclic) bond motifs is 1. The van der Waals surface area contributed by atoms with Gasteiger partial charge < -0.3 is 5.11 Å². The zero-order chi connectivity index (χ0) is 23.0. The highest BCUT2D eigenvalue weighted by Gasteiger charge is 2.28. The van der Waals surface area contributed by atoms with Crippen molar-refractivity contribution >= 4 is 38.5 Å². The first-order chi connectivity index (χ1) is 15.2. The number of halogens is 2. The summed E-state index contributed by atoms with van der Waals surface area (Å²) in [5.74, 6) is -1.56. The smallest absolute Gasteiger partial charge is 0.303 e. The van der Waals surface area contributed by atoms with Crippen LogP contribution < -0.4 is 0 Å². The van der Waals surface area contributed by atoms with Crippen molar-refractivity contribution in [3.8, 4) is 11.1 Å². The van der Waals surface area contributed by atoms with Gasteiger partial charge in [-0.05, 0) is 54.3 Å². The third-order valence-corrected chi connectivity index (χ3v) is 7.64. The van der Waals surface area contributed by atoms with Crippen molar-refractivity contribution in [3.63, 3.8) is 0 Å². The Hall–Kier alpha value is -3.16. The molecular formula is C24H19ClFNO4S. The van der Waals surface area contributed by atoms with Gasteiger partial charge >= 0.3 is 5.97 Å². The first-order valence-electron chi connectivity index (χ1n) is 9.81. The third kappa shape index (κ3) is 3.89. The summed E-state index contributed by atoms with van der Waals surface area (Å²) >= 11 is 6.31. The van der Waals surface area contributed by atoms with Gasteiger partial charge in [-0.3, -0.25) is 4.79 Å². The summed E-state index contributed by atoms with van der Waals surface area (Å²) in [6, 6.07) is 16.2. The van der Waals surface area contributed by atoms with Gasteiger partial charge in [0.25, 0.3) is 10.0 Å². The van der Waals surface area contributed by atoms with Crippen LogP contribution in [0.1, 0.15) is 17.5 Å². The van der Waals surface area contributed by atoms with Crippen molar-refractivity contribution < 1.29 is 22.7 Å². The first-order valence-corrected chi connectivity index (χ1v) is 11.6. The minimum absolute atomic E-state index is 0.0437.